The lowest BCUT2D eigenvalue weighted by molar-refractivity contribution is 0.471. The van der Waals surface area contributed by atoms with E-state index in [1.807, 2.05) is 18.2 Å². The molecule has 0 N–H and O–H groups in total. The van der Waals surface area contributed by atoms with Gasteiger partial charge in [-0.2, -0.15) is 5.26 Å². The molecule has 3 nitrogen and oxygen atoms in total. The Kier molecular flexibility index (Phi) is 5.50. The summed E-state index contributed by atoms with van der Waals surface area (Å²) in [6.45, 7) is 2.98. The zero-order valence-corrected chi connectivity index (χ0v) is 15.6. The number of nitrogens with zero attached hydrogens (tertiary/aromatic N) is 2. The van der Waals surface area contributed by atoms with Gasteiger partial charge in [-0.25, -0.2) is 4.39 Å². The standard InChI is InChI=1S/C20H18BrFN2O/c1-2-3-8-24-18-6-4-16-19(7-5-17(21)20(16)18)25-15-10-13(12-23)9-14(22)11-15/h5,7,9-11H,2-4,6,8H2,1H3. The van der Waals surface area contributed by atoms with E-state index in [0.29, 0.717) is 11.5 Å². The van der Waals surface area contributed by atoms with Gasteiger partial charge in [0.1, 0.15) is 17.3 Å². The molecule has 2 aromatic rings. The Morgan fingerprint density at radius 3 is 2.88 bits per heavy atom. The molecule has 0 atom stereocenters. The summed E-state index contributed by atoms with van der Waals surface area (Å²) in [5, 5.41) is 8.99. The van der Waals surface area contributed by atoms with Gasteiger partial charge in [0.2, 0.25) is 0 Å². The number of hydrogen-bond acceptors (Lipinski definition) is 3. The Labute approximate surface area is 155 Å². The summed E-state index contributed by atoms with van der Waals surface area (Å²) >= 11 is 3.61. The third kappa shape index (κ3) is 3.91. The van der Waals surface area contributed by atoms with Crippen LogP contribution in [0.2, 0.25) is 0 Å². The molecule has 0 heterocycles. The van der Waals surface area contributed by atoms with Crippen LogP contribution in [0, 0.1) is 17.1 Å². The molecular weight excluding hydrogens is 383 g/mol. The van der Waals surface area contributed by atoms with Crippen molar-refractivity contribution in [2.24, 2.45) is 4.99 Å². The minimum atomic E-state index is -0.482. The van der Waals surface area contributed by atoms with Crippen molar-refractivity contribution in [2.75, 3.05) is 6.54 Å². The van der Waals surface area contributed by atoms with Crippen molar-refractivity contribution >= 4 is 21.6 Å². The molecule has 2 aromatic carbocycles. The van der Waals surface area contributed by atoms with E-state index in [4.69, 9.17) is 15.0 Å². The van der Waals surface area contributed by atoms with Crippen molar-refractivity contribution in [3.8, 4) is 17.6 Å². The molecule has 0 aliphatic heterocycles. The van der Waals surface area contributed by atoms with Gasteiger partial charge in [0.15, 0.2) is 0 Å². The number of rotatable bonds is 5. The SMILES string of the molecule is CCCCN=C1CCc2c(Oc3cc(F)cc(C#N)c3)ccc(Br)c21. The Bertz CT molecular complexity index is 871. The highest BCUT2D eigenvalue weighted by molar-refractivity contribution is 9.10. The predicted molar refractivity (Wildman–Crippen MR) is 100.0 cm³/mol. The summed E-state index contributed by atoms with van der Waals surface area (Å²) in [4.78, 5) is 4.73. The molecule has 5 heteroatoms. The summed E-state index contributed by atoms with van der Waals surface area (Å²) < 4.78 is 20.5. The summed E-state index contributed by atoms with van der Waals surface area (Å²) in [6.07, 6.45) is 3.92. The monoisotopic (exact) mass is 400 g/mol. The zero-order chi connectivity index (χ0) is 17.8. The minimum Gasteiger partial charge on any atom is -0.457 e. The van der Waals surface area contributed by atoms with Crippen LogP contribution in [0.1, 0.15) is 42.9 Å². The highest BCUT2D eigenvalue weighted by Crippen LogP contribution is 2.38. The van der Waals surface area contributed by atoms with E-state index in [1.54, 1.807) is 6.07 Å². The maximum Gasteiger partial charge on any atom is 0.131 e. The average molecular weight is 401 g/mol. The molecule has 0 unspecified atom stereocenters. The van der Waals surface area contributed by atoms with Gasteiger partial charge in [-0.3, -0.25) is 4.99 Å². The third-order valence-electron chi connectivity index (χ3n) is 4.16. The Morgan fingerprint density at radius 1 is 1.28 bits per heavy atom. The summed E-state index contributed by atoms with van der Waals surface area (Å²) in [5.74, 6) is 0.537. The second-order valence-electron chi connectivity index (χ2n) is 5.97. The van der Waals surface area contributed by atoms with Crippen molar-refractivity contribution < 1.29 is 9.13 Å². The first kappa shape index (κ1) is 17.6. The molecule has 3 rings (SSSR count). The van der Waals surface area contributed by atoms with Crippen molar-refractivity contribution in [1.82, 2.24) is 0 Å². The highest BCUT2D eigenvalue weighted by atomic mass is 79.9. The van der Waals surface area contributed by atoms with E-state index in [-0.39, 0.29) is 5.56 Å². The van der Waals surface area contributed by atoms with E-state index in [1.165, 1.54) is 12.1 Å². The molecule has 0 saturated carbocycles. The lowest BCUT2D eigenvalue weighted by atomic mass is 10.1. The number of benzene rings is 2. The van der Waals surface area contributed by atoms with Crippen LogP contribution in [-0.4, -0.2) is 12.3 Å². The smallest absolute Gasteiger partial charge is 0.131 e. The van der Waals surface area contributed by atoms with Gasteiger partial charge < -0.3 is 4.74 Å². The number of ether oxygens (including phenoxy) is 1. The van der Waals surface area contributed by atoms with Gasteiger partial charge in [-0.1, -0.05) is 29.3 Å². The first-order valence-electron chi connectivity index (χ1n) is 8.36. The molecule has 0 saturated heterocycles. The van der Waals surface area contributed by atoms with E-state index >= 15 is 0 Å². The fraction of sp³-hybridized carbons (Fsp3) is 0.300. The van der Waals surface area contributed by atoms with Crippen LogP contribution < -0.4 is 4.74 Å². The van der Waals surface area contributed by atoms with Crippen LogP contribution in [0.5, 0.6) is 11.5 Å². The Hall–Kier alpha value is -2.19. The topological polar surface area (TPSA) is 45.4 Å². The molecule has 0 spiro atoms. The van der Waals surface area contributed by atoms with E-state index in [2.05, 4.69) is 22.9 Å². The quantitative estimate of drug-likeness (QED) is 0.596. The van der Waals surface area contributed by atoms with Gasteiger partial charge in [0.05, 0.1) is 11.6 Å². The predicted octanol–water partition coefficient (Wildman–Crippen LogP) is 5.79. The lowest BCUT2D eigenvalue weighted by Crippen LogP contribution is -1.99. The fourth-order valence-electron chi connectivity index (χ4n) is 2.97. The minimum absolute atomic E-state index is 0.241. The largest absolute Gasteiger partial charge is 0.457 e. The number of hydrogen-bond donors (Lipinski definition) is 0. The van der Waals surface area contributed by atoms with Gasteiger partial charge in [0.25, 0.3) is 0 Å². The molecule has 0 bridgehead atoms. The molecule has 0 amide bonds. The highest BCUT2D eigenvalue weighted by Gasteiger charge is 2.24. The molecule has 128 valence electrons. The second-order valence-corrected chi connectivity index (χ2v) is 6.82. The van der Waals surface area contributed by atoms with E-state index < -0.39 is 5.82 Å². The number of fused-ring (bicyclic) bond motifs is 1. The lowest BCUT2D eigenvalue weighted by Gasteiger charge is -2.12. The third-order valence-corrected chi connectivity index (χ3v) is 4.82. The Balaban J connectivity index is 1.94. The van der Waals surface area contributed by atoms with Gasteiger partial charge in [0, 0.05) is 33.9 Å². The maximum atomic E-state index is 13.6. The molecule has 0 aromatic heterocycles. The average Bonchev–Trinajstić information content (AvgIpc) is 3.02. The van der Waals surface area contributed by atoms with Crippen molar-refractivity contribution in [1.29, 1.82) is 5.26 Å². The van der Waals surface area contributed by atoms with E-state index in [9.17, 15) is 4.39 Å². The van der Waals surface area contributed by atoms with Crippen LogP contribution in [0.25, 0.3) is 0 Å². The van der Waals surface area contributed by atoms with Crippen LogP contribution in [0.4, 0.5) is 4.39 Å². The van der Waals surface area contributed by atoms with Gasteiger partial charge in [-0.15, -0.1) is 0 Å². The normalized spacial score (nSPS) is 14.4. The molecule has 0 fully saturated rings. The van der Waals surface area contributed by atoms with Gasteiger partial charge >= 0.3 is 0 Å². The molecule has 0 radical (unpaired) electrons. The van der Waals surface area contributed by atoms with Gasteiger partial charge in [-0.05, 0) is 43.5 Å². The first-order valence-corrected chi connectivity index (χ1v) is 9.15. The number of aliphatic imine (C=N–C) groups is 1. The summed E-state index contributed by atoms with van der Waals surface area (Å²) in [6, 6.07) is 9.77. The second kappa shape index (κ2) is 7.79. The van der Waals surface area contributed by atoms with E-state index in [0.717, 1.165) is 53.5 Å². The number of nitriles is 1. The summed E-state index contributed by atoms with van der Waals surface area (Å²) in [7, 11) is 0. The molecule has 1 aliphatic carbocycles. The Morgan fingerprint density at radius 2 is 2.12 bits per heavy atom. The molecule has 1 aliphatic rings. The van der Waals surface area contributed by atoms with Crippen molar-refractivity contribution in [2.45, 2.75) is 32.6 Å². The van der Waals surface area contributed by atoms with Crippen LogP contribution in [0.15, 0.2) is 39.8 Å². The van der Waals surface area contributed by atoms with Crippen molar-refractivity contribution in [3.05, 3.63) is 57.3 Å². The number of unbranched alkanes of at least 4 members (excludes halogenated alkanes) is 1. The van der Waals surface area contributed by atoms with Crippen LogP contribution in [0.3, 0.4) is 0 Å². The molecular formula is C20H18BrFN2O. The first-order chi connectivity index (χ1) is 12.1. The maximum absolute atomic E-state index is 13.6. The fourth-order valence-corrected chi connectivity index (χ4v) is 3.57. The van der Waals surface area contributed by atoms with Crippen molar-refractivity contribution in [3.63, 3.8) is 0 Å². The number of halogens is 2. The molecule has 25 heavy (non-hydrogen) atoms. The summed E-state index contributed by atoms with van der Waals surface area (Å²) in [5.41, 5.74) is 3.50. The zero-order valence-electron chi connectivity index (χ0n) is 14.0. The van der Waals surface area contributed by atoms with Crippen LogP contribution >= 0.6 is 15.9 Å². The van der Waals surface area contributed by atoms with Crippen LogP contribution in [-0.2, 0) is 6.42 Å².